The standard InChI is InChI=1S/C36H37F2N7O4/c1-3-24-27(37)9-6-20-15-23(46)16-26(28(20)24)31-30(38)32-29-34(43-36(42-32)49-18-22-8-7-21-17-47-13-11-45(21)22)44(12-14-48-35(29)41-31)19(2)25-5-4-10-40-33(25)39/h4-6,9-10,15-16,19,21-22,46H,3,7-8,11-14,17-18H2,1-2H3,(H2,39,40)/t19?,21-,22-/m0/s1. The first-order valence-corrected chi connectivity index (χ1v) is 16.7. The van der Waals surface area contributed by atoms with Crippen LogP contribution < -0.4 is 20.1 Å². The molecule has 0 saturated carbocycles. The molecular formula is C36H37F2N7O4. The molecule has 11 nitrogen and oxygen atoms in total. The largest absolute Gasteiger partial charge is 0.508 e. The van der Waals surface area contributed by atoms with Crippen LogP contribution in [0.15, 0.2) is 42.6 Å². The van der Waals surface area contributed by atoms with Gasteiger partial charge in [0.05, 0.1) is 25.8 Å². The number of aryl methyl sites for hydroxylation is 1. The van der Waals surface area contributed by atoms with Gasteiger partial charge in [0.1, 0.15) is 53.0 Å². The number of pyridine rings is 2. The lowest BCUT2D eigenvalue weighted by Gasteiger charge is -2.33. The van der Waals surface area contributed by atoms with Gasteiger partial charge in [0, 0.05) is 36.0 Å². The second kappa shape index (κ2) is 12.5. The molecule has 8 rings (SSSR count). The number of anilines is 2. The number of fused-ring (bicyclic) bond motifs is 2. The van der Waals surface area contributed by atoms with Crippen molar-refractivity contribution in [2.75, 3.05) is 50.2 Å². The predicted octanol–water partition coefficient (Wildman–Crippen LogP) is 5.57. The molecule has 254 valence electrons. The van der Waals surface area contributed by atoms with Crippen LogP contribution in [0.4, 0.5) is 20.4 Å². The summed E-state index contributed by atoms with van der Waals surface area (Å²) in [5, 5.41) is 12.0. The highest BCUT2D eigenvalue weighted by molar-refractivity contribution is 6.03. The molecule has 1 unspecified atom stereocenters. The predicted molar refractivity (Wildman–Crippen MR) is 181 cm³/mol. The third kappa shape index (κ3) is 5.41. The molecule has 2 aromatic carbocycles. The molecule has 3 atom stereocenters. The highest BCUT2D eigenvalue weighted by Crippen LogP contribution is 2.44. The summed E-state index contributed by atoms with van der Waals surface area (Å²) in [6.45, 7) is 6.89. The van der Waals surface area contributed by atoms with Crippen molar-refractivity contribution >= 4 is 33.3 Å². The molecular weight excluding hydrogens is 632 g/mol. The molecule has 3 aromatic heterocycles. The summed E-state index contributed by atoms with van der Waals surface area (Å²) in [5.74, 6) is -0.413. The number of ether oxygens (including phenoxy) is 3. The first-order chi connectivity index (χ1) is 23.8. The fourth-order valence-electron chi connectivity index (χ4n) is 7.66. The van der Waals surface area contributed by atoms with Crippen molar-refractivity contribution in [3.8, 4) is 28.9 Å². The highest BCUT2D eigenvalue weighted by atomic mass is 19.1. The van der Waals surface area contributed by atoms with Gasteiger partial charge in [-0.25, -0.2) is 18.7 Å². The Morgan fingerprint density at radius 2 is 1.96 bits per heavy atom. The van der Waals surface area contributed by atoms with E-state index in [2.05, 4.69) is 14.9 Å². The van der Waals surface area contributed by atoms with Crippen LogP contribution in [-0.4, -0.2) is 81.5 Å². The van der Waals surface area contributed by atoms with Gasteiger partial charge in [-0.3, -0.25) is 4.90 Å². The Kier molecular flexibility index (Phi) is 8.03. The first kappa shape index (κ1) is 31.4. The van der Waals surface area contributed by atoms with E-state index in [1.54, 1.807) is 12.3 Å². The summed E-state index contributed by atoms with van der Waals surface area (Å²) in [6.07, 6.45) is 3.93. The zero-order valence-electron chi connectivity index (χ0n) is 27.3. The molecule has 0 aliphatic carbocycles. The van der Waals surface area contributed by atoms with E-state index in [1.165, 1.54) is 18.2 Å². The Morgan fingerprint density at radius 3 is 2.80 bits per heavy atom. The average Bonchev–Trinajstić information content (AvgIpc) is 3.43. The summed E-state index contributed by atoms with van der Waals surface area (Å²) < 4.78 is 50.5. The fraction of sp³-hybridized carbons (Fsp3) is 0.389. The van der Waals surface area contributed by atoms with Crippen LogP contribution in [0.25, 0.3) is 32.9 Å². The molecule has 5 aromatic rings. The van der Waals surface area contributed by atoms with Gasteiger partial charge >= 0.3 is 6.01 Å². The molecule has 0 bridgehead atoms. The lowest BCUT2D eigenvalue weighted by Crippen LogP contribution is -2.46. The summed E-state index contributed by atoms with van der Waals surface area (Å²) in [5.41, 5.74) is 7.52. The van der Waals surface area contributed by atoms with Crippen LogP contribution >= 0.6 is 0 Å². The lowest BCUT2D eigenvalue weighted by molar-refractivity contribution is -0.0101. The van der Waals surface area contributed by atoms with Gasteiger partial charge in [0.25, 0.3) is 0 Å². The third-order valence-corrected chi connectivity index (χ3v) is 10.1. The van der Waals surface area contributed by atoms with Crippen molar-refractivity contribution in [2.45, 2.75) is 51.2 Å². The number of benzene rings is 2. The summed E-state index contributed by atoms with van der Waals surface area (Å²) >= 11 is 0. The van der Waals surface area contributed by atoms with Gasteiger partial charge in [0.15, 0.2) is 5.82 Å². The molecule has 49 heavy (non-hydrogen) atoms. The molecule has 0 spiro atoms. The topological polar surface area (TPSA) is 132 Å². The Balaban J connectivity index is 1.31. The van der Waals surface area contributed by atoms with Crippen LogP contribution in [0.2, 0.25) is 0 Å². The number of nitrogens with two attached hydrogens (primary N) is 1. The van der Waals surface area contributed by atoms with Gasteiger partial charge in [0.2, 0.25) is 5.88 Å². The van der Waals surface area contributed by atoms with Gasteiger partial charge in [-0.05, 0) is 66.8 Å². The lowest BCUT2D eigenvalue weighted by atomic mass is 9.94. The number of rotatable bonds is 7. The van der Waals surface area contributed by atoms with Crippen molar-refractivity contribution in [1.82, 2.24) is 24.8 Å². The second-order valence-electron chi connectivity index (χ2n) is 12.8. The van der Waals surface area contributed by atoms with E-state index in [4.69, 9.17) is 29.9 Å². The average molecular weight is 670 g/mol. The molecule has 3 aliphatic heterocycles. The SMILES string of the molecule is CCc1c(F)ccc2cc(O)cc(-c3nc4c5c(nc(OC[C@@H]6CC[C@H]7COCCN76)nc5c3F)N(C(C)c3cccnc3N)CCO4)c12. The van der Waals surface area contributed by atoms with Gasteiger partial charge < -0.3 is 30.0 Å². The van der Waals surface area contributed by atoms with Crippen LogP contribution in [0.5, 0.6) is 17.6 Å². The minimum atomic E-state index is -0.765. The molecule has 3 aliphatic rings. The molecule has 2 fully saturated rings. The number of aromatic nitrogens is 4. The number of nitrogens with zero attached hydrogens (tertiary/aromatic N) is 6. The van der Waals surface area contributed by atoms with E-state index < -0.39 is 11.6 Å². The van der Waals surface area contributed by atoms with E-state index in [9.17, 15) is 5.11 Å². The number of aromatic hydroxyl groups is 1. The Hall–Kier alpha value is -4.88. The number of morpholine rings is 1. The molecule has 2 saturated heterocycles. The van der Waals surface area contributed by atoms with Gasteiger partial charge in [-0.15, -0.1) is 0 Å². The maximum absolute atomic E-state index is 17.2. The van der Waals surface area contributed by atoms with Crippen molar-refractivity contribution < 1.29 is 28.1 Å². The quantitative estimate of drug-likeness (QED) is 0.225. The van der Waals surface area contributed by atoms with Crippen molar-refractivity contribution in [1.29, 1.82) is 0 Å². The zero-order valence-corrected chi connectivity index (χ0v) is 27.3. The van der Waals surface area contributed by atoms with E-state index in [1.807, 2.05) is 30.9 Å². The summed E-state index contributed by atoms with van der Waals surface area (Å²) in [4.78, 5) is 22.9. The molecule has 6 heterocycles. The molecule has 13 heteroatoms. The molecule has 0 radical (unpaired) electrons. The van der Waals surface area contributed by atoms with Crippen molar-refractivity contribution in [3.05, 3.63) is 65.4 Å². The molecule has 0 amide bonds. The fourth-order valence-corrected chi connectivity index (χ4v) is 7.66. The Morgan fingerprint density at radius 1 is 1.08 bits per heavy atom. The van der Waals surface area contributed by atoms with Crippen LogP contribution in [-0.2, 0) is 11.2 Å². The van der Waals surface area contributed by atoms with Crippen LogP contribution in [0, 0.1) is 11.6 Å². The van der Waals surface area contributed by atoms with E-state index in [0.717, 1.165) is 24.9 Å². The van der Waals surface area contributed by atoms with Gasteiger partial charge in [-0.2, -0.15) is 9.97 Å². The van der Waals surface area contributed by atoms with Crippen molar-refractivity contribution in [2.24, 2.45) is 0 Å². The second-order valence-corrected chi connectivity index (χ2v) is 12.8. The summed E-state index contributed by atoms with van der Waals surface area (Å²) in [6, 6.07) is 9.74. The third-order valence-electron chi connectivity index (χ3n) is 10.1. The van der Waals surface area contributed by atoms with E-state index in [-0.39, 0.29) is 58.5 Å². The van der Waals surface area contributed by atoms with Crippen molar-refractivity contribution in [3.63, 3.8) is 0 Å². The first-order valence-electron chi connectivity index (χ1n) is 16.7. The minimum Gasteiger partial charge on any atom is -0.508 e. The van der Waals surface area contributed by atoms with Crippen LogP contribution in [0.3, 0.4) is 0 Å². The number of phenolic OH excluding ortho intramolecular Hbond substituents is 1. The minimum absolute atomic E-state index is 0.0144. The number of phenols is 1. The van der Waals surface area contributed by atoms with Gasteiger partial charge in [-0.1, -0.05) is 19.1 Å². The van der Waals surface area contributed by atoms with Crippen LogP contribution in [0.1, 0.15) is 43.9 Å². The highest BCUT2D eigenvalue weighted by Gasteiger charge is 2.37. The normalized spacial score (nSPS) is 19.9. The zero-order chi connectivity index (χ0) is 33.8. The maximum atomic E-state index is 17.2. The summed E-state index contributed by atoms with van der Waals surface area (Å²) in [7, 11) is 0. The number of halogens is 2. The number of hydrogen-bond acceptors (Lipinski definition) is 11. The maximum Gasteiger partial charge on any atom is 0.319 e. The Labute approximate surface area is 281 Å². The van der Waals surface area contributed by atoms with E-state index in [0.29, 0.717) is 66.8 Å². The smallest absolute Gasteiger partial charge is 0.319 e. The monoisotopic (exact) mass is 669 g/mol. The Bertz CT molecular complexity index is 2080. The number of hydrogen-bond donors (Lipinski definition) is 2. The molecule has 3 N–H and O–H groups in total. The van der Waals surface area contributed by atoms with E-state index >= 15 is 8.78 Å². The number of nitrogen functional groups attached to an aromatic ring is 1.